The Morgan fingerprint density at radius 2 is 2.00 bits per heavy atom. The average molecular weight is 337 g/mol. The summed E-state index contributed by atoms with van der Waals surface area (Å²) in [6, 6.07) is 13.1. The van der Waals surface area contributed by atoms with E-state index in [4.69, 9.17) is 5.11 Å². The number of hydrogen-bond donors (Lipinski definition) is 2. The lowest BCUT2D eigenvalue weighted by molar-refractivity contribution is 0.102. The van der Waals surface area contributed by atoms with Crippen LogP contribution in [0.3, 0.4) is 0 Å². The number of aromatic nitrogens is 2. The van der Waals surface area contributed by atoms with E-state index in [-0.39, 0.29) is 24.0 Å². The van der Waals surface area contributed by atoms with Gasteiger partial charge in [0, 0.05) is 6.20 Å². The number of aliphatic hydroxyl groups is 1. The molecule has 0 saturated heterocycles. The molecule has 1 amide bonds. The third-order valence-corrected chi connectivity index (χ3v) is 3.63. The van der Waals surface area contributed by atoms with Gasteiger partial charge < -0.3 is 10.4 Å². The van der Waals surface area contributed by atoms with Crippen LogP contribution >= 0.6 is 0 Å². The van der Waals surface area contributed by atoms with Crippen molar-refractivity contribution >= 4 is 11.6 Å². The number of benzene rings is 1. The first-order chi connectivity index (χ1) is 12.2. The highest BCUT2D eigenvalue weighted by molar-refractivity contribution is 6.03. The highest BCUT2D eigenvalue weighted by Crippen LogP contribution is 2.15. The summed E-state index contributed by atoms with van der Waals surface area (Å²) < 4.78 is 13.4. The third kappa shape index (κ3) is 4.24. The van der Waals surface area contributed by atoms with E-state index in [1.165, 1.54) is 24.5 Å². The molecule has 0 fully saturated rings. The van der Waals surface area contributed by atoms with Gasteiger partial charge in [-0.15, -0.1) is 0 Å². The van der Waals surface area contributed by atoms with E-state index in [2.05, 4.69) is 15.3 Å². The smallest absolute Gasteiger partial charge is 0.274 e. The van der Waals surface area contributed by atoms with Crippen LogP contribution in [0.15, 0.2) is 60.9 Å². The van der Waals surface area contributed by atoms with Gasteiger partial charge in [0.15, 0.2) is 0 Å². The van der Waals surface area contributed by atoms with Gasteiger partial charge in [-0.2, -0.15) is 0 Å². The minimum absolute atomic E-state index is 0.160. The first kappa shape index (κ1) is 16.7. The Labute approximate surface area is 144 Å². The summed E-state index contributed by atoms with van der Waals surface area (Å²) >= 11 is 0. The number of nitrogens with one attached hydrogen (secondary N) is 1. The molecule has 0 bridgehead atoms. The molecule has 3 aromatic rings. The first-order valence-electron chi connectivity index (χ1n) is 7.71. The van der Waals surface area contributed by atoms with Crippen molar-refractivity contribution in [2.45, 2.75) is 13.0 Å². The van der Waals surface area contributed by atoms with E-state index in [9.17, 15) is 9.18 Å². The van der Waals surface area contributed by atoms with Gasteiger partial charge >= 0.3 is 0 Å². The molecule has 0 unspecified atom stereocenters. The van der Waals surface area contributed by atoms with Crippen molar-refractivity contribution in [2.75, 3.05) is 5.32 Å². The fourth-order valence-corrected chi connectivity index (χ4v) is 2.43. The van der Waals surface area contributed by atoms with Gasteiger partial charge in [0.2, 0.25) is 0 Å². The van der Waals surface area contributed by atoms with Crippen LogP contribution in [0.4, 0.5) is 10.1 Å². The number of pyridine rings is 2. The lowest BCUT2D eigenvalue weighted by Gasteiger charge is -2.09. The van der Waals surface area contributed by atoms with Crippen molar-refractivity contribution in [3.8, 4) is 0 Å². The summed E-state index contributed by atoms with van der Waals surface area (Å²) in [5.74, 6) is -0.687. The number of carbonyl (C=O) groups is 1. The van der Waals surface area contributed by atoms with Gasteiger partial charge in [0.25, 0.3) is 5.91 Å². The lowest BCUT2D eigenvalue weighted by atomic mass is 10.0. The zero-order valence-corrected chi connectivity index (χ0v) is 13.3. The molecule has 25 heavy (non-hydrogen) atoms. The number of carbonyl (C=O) groups excluding carboxylic acids is 1. The van der Waals surface area contributed by atoms with Crippen LogP contribution in [-0.2, 0) is 13.0 Å². The summed E-state index contributed by atoms with van der Waals surface area (Å²) in [6.07, 6.45) is 3.41. The predicted molar refractivity (Wildman–Crippen MR) is 91.6 cm³/mol. The van der Waals surface area contributed by atoms with E-state index in [1.54, 1.807) is 36.4 Å². The van der Waals surface area contributed by atoms with Crippen molar-refractivity contribution in [1.29, 1.82) is 0 Å². The molecule has 2 heterocycles. The highest BCUT2D eigenvalue weighted by Gasteiger charge is 2.14. The Morgan fingerprint density at radius 1 is 1.12 bits per heavy atom. The first-order valence-corrected chi connectivity index (χ1v) is 7.71. The molecule has 0 saturated carbocycles. The van der Waals surface area contributed by atoms with Crippen molar-refractivity contribution in [2.24, 2.45) is 0 Å². The molecule has 0 aliphatic carbocycles. The van der Waals surface area contributed by atoms with Crippen molar-refractivity contribution in [3.05, 3.63) is 89.3 Å². The molecule has 0 spiro atoms. The van der Waals surface area contributed by atoms with Crippen LogP contribution < -0.4 is 5.32 Å². The zero-order valence-electron chi connectivity index (χ0n) is 13.3. The van der Waals surface area contributed by atoms with Gasteiger partial charge in [-0.3, -0.25) is 14.8 Å². The van der Waals surface area contributed by atoms with Crippen molar-refractivity contribution < 1.29 is 14.3 Å². The van der Waals surface area contributed by atoms with Crippen LogP contribution in [0.25, 0.3) is 0 Å². The predicted octanol–water partition coefficient (Wildman–Crippen LogP) is 2.95. The fraction of sp³-hybridized carbons (Fsp3) is 0.105. The second kappa shape index (κ2) is 7.63. The number of aliphatic hydroxyl groups excluding tert-OH is 1. The maximum atomic E-state index is 13.4. The molecule has 2 aromatic heterocycles. The van der Waals surface area contributed by atoms with Crippen LogP contribution in [-0.4, -0.2) is 21.0 Å². The quantitative estimate of drug-likeness (QED) is 0.751. The summed E-state index contributed by atoms with van der Waals surface area (Å²) in [7, 11) is 0. The van der Waals surface area contributed by atoms with Crippen LogP contribution in [0.5, 0.6) is 0 Å². The summed E-state index contributed by atoms with van der Waals surface area (Å²) in [5.41, 5.74) is 2.76. The van der Waals surface area contributed by atoms with Crippen LogP contribution in [0.1, 0.15) is 27.3 Å². The van der Waals surface area contributed by atoms with Gasteiger partial charge in [0.1, 0.15) is 11.5 Å². The molecule has 0 radical (unpaired) electrons. The largest absolute Gasteiger partial charge is 0.390 e. The Morgan fingerprint density at radius 3 is 2.72 bits per heavy atom. The highest BCUT2D eigenvalue weighted by atomic mass is 19.1. The standard InChI is InChI=1S/C19H16FN3O2/c20-15-5-1-3-13(10-15)9-14-4-2-8-21-18(14)19(25)23-16-6-7-17(12-24)22-11-16/h1-8,10-11,24H,9,12H2,(H,23,25). The van der Waals surface area contributed by atoms with Gasteiger partial charge in [0.05, 0.1) is 24.2 Å². The molecule has 126 valence electrons. The van der Waals surface area contributed by atoms with E-state index < -0.39 is 0 Å². The molecule has 1 aromatic carbocycles. The third-order valence-electron chi connectivity index (χ3n) is 3.63. The molecule has 3 rings (SSSR count). The maximum Gasteiger partial charge on any atom is 0.274 e. The van der Waals surface area contributed by atoms with Gasteiger partial charge in [-0.05, 0) is 47.9 Å². The Kier molecular flexibility index (Phi) is 5.11. The number of hydrogen-bond acceptors (Lipinski definition) is 4. The summed E-state index contributed by atoms with van der Waals surface area (Å²) in [5, 5.41) is 11.7. The van der Waals surface area contributed by atoms with Crippen molar-refractivity contribution in [1.82, 2.24) is 9.97 Å². The van der Waals surface area contributed by atoms with E-state index in [1.807, 2.05) is 0 Å². The SMILES string of the molecule is O=C(Nc1ccc(CO)nc1)c1ncccc1Cc1cccc(F)c1. The minimum Gasteiger partial charge on any atom is -0.390 e. The zero-order chi connectivity index (χ0) is 17.6. The monoisotopic (exact) mass is 337 g/mol. The number of anilines is 1. The van der Waals surface area contributed by atoms with E-state index >= 15 is 0 Å². The summed E-state index contributed by atoms with van der Waals surface area (Å²) in [6.45, 7) is -0.160. The number of amides is 1. The Bertz CT molecular complexity index is 882. The van der Waals surface area contributed by atoms with E-state index in [0.717, 1.165) is 5.56 Å². The minimum atomic E-state index is -0.370. The molecular formula is C19H16FN3O2. The number of nitrogens with zero attached hydrogens (tertiary/aromatic N) is 2. The van der Waals surface area contributed by atoms with Crippen LogP contribution in [0.2, 0.25) is 0 Å². The molecule has 0 atom stereocenters. The average Bonchev–Trinajstić information content (AvgIpc) is 2.63. The molecule has 0 aliphatic heterocycles. The molecule has 2 N–H and O–H groups in total. The number of halogens is 1. The van der Waals surface area contributed by atoms with Crippen LogP contribution in [0, 0.1) is 5.82 Å². The number of rotatable bonds is 5. The van der Waals surface area contributed by atoms with E-state index in [0.29, 0.717) is 23.4 Å². The Balaban J connectivity index is 1.80. The molecule has 0 aliphatic rings. The van der Waals surface area contributed by atoms with Crippen molar-refractivity contribution in [3.63, 3.8) is 0 Å². The second-order valence-corrected chi connectivity index (χ2v) is 5.47. The fourth-order valence-electron chi connectivity index (χ4n) is 2.43. The lowest BCUT2D eigenvalue weighted by Crippen LogP contribution is -2.16. The normalized spacial score (nSPS) is 10.5. The second-order valence-electron chi connectivity index (χ2n) is 5.47. The summed E-state index contributed by atoms with van der Waals surface area (Å²) in [4.78, 5) is 20.7. The van der Waals surface area contributed by atoms with Gasteiger partial charge in [-0.25, -0.2) is 4.39 Å². The maximum absolute atomic E-state index is 13.4. The Hall–Kier alpha value is -3.12. The molecule has 5 nitrogen and oxygen atoms in total. The molecular weight excluding hydrogens is 321 g/mol. The van der Waals surface area contributed by atoms with Gasteiger partial charge in [-0.1, -0.05) is 18.2 Å². The molecule has 6 heteroatoms. The topological polar surface area (TPSA) is 75.1 Å².